The summed E-state index contributed by atoms with van der Waals surface area (Å²) in [5, 5.41) is 0. The minimum atomic E-state index is 0.133. The molecule has 2 nitrogen and oxygen atoms in total. The molecule has 2 heterocycles. The van der Waals surface area contributed by atoms with E-state index < -0.39 is 0 Å². The molecule has 0 N–H and O–H groups in total. The fourth-order valence-corrected chi connectivity index (χ4v) is 3.80. The van der Waals surface area contributed by atoms with Crippen molar-refractivity contribution in [2.75, 3.05) is 0 Å². The molecule has 2 bridgehead atoms. The van der Waals surface area contributed by atoms with Crippen LogP contribution in [0.3, 0.4) is 0 Å². The van der Waals surface area contributed by atoms with Crippen LogP contribution in [-0.2, 0) is 9.47 Å². The van der Waals surface area contributed by atoms with Crippen molar-refractivity contribution in [2.24, 2.45) is 0 Å². The summed E-state index contributed by atoms with van der Waals surface area (Å²) < 4.78 is 12.4. The molecule has 0 radical (unpaired) electrons. The van der Waals surface area contributed by atoms with Gasteiger partial charge in [-0.05, 0) is 25.3 Å². The van der Waals surface area contributed by atoms with Crippen molar-refractivity contribution in [1.29, 1.82) is 0 Å². The maximum atomic E-state index is 6.28. The van der Waals surface area contributed by atoms with Crippen LogP contribution in [0.25, 0.3) is 0 Å². The third-order valence-corrected chi connectivity index (χ3v) is 6.02. The average molecular weight is 392 g/mol. The molecule has 0 aromatic heterocycles. The predicted octanol–water partition coefficient (Wildman–Crippen LogP) is 3.82. The van der Waals surface area contributed by atoms with E-state index in [1.54, 1.807) is 6.08 Å². The van der Waals surface area contributed by atoms with Crippen LogP contribution in [0.4, 0.5) is 0 Å². The Labute approximate surface area is 132 Å². The summed E-state index contributed by atoms with van der Waals surface area (Å²) in [5.74, 6) is 2.51. The van der Waals surface area contributed by atoms with Gasteiger partial charge in [-0.3, -0.25) is 0 Å². The van der Waals surface area contributed by atoms with Crippen LogP contribution in [0.2, 0.25) is 0 Å². The zero-order chi connectivity index (χ0) is 13.8. The third kappa shape index (κ3) is 3.85. The molecule has 0 aromatic rings. The lowest BCUT2D eigenvalue weighted by Crippen LogP contribution is -2.36. The molecule has 6 atom stereocenters. The topological polar surface area (TPSA) is 18.5 Å². The van der Waals surface area contributed by atoms with Gasteiger partial charge in [0, 0.05) is 16.1 Å². The second-order valence-electron chi connectivity index (χ2n) is 5.14. The lowest BCUT2D eigenvalue weighted by atomic mass is 10.1. The number of fused-ring (bicyclic) bond motifs is 2. The molecule has 0 spiro atoms. The van der Waals surface area contributed by atoms with E-state index in [-0.39, 0.29) is 24.4 Å². The minimum absolute atomic E-state index is 0.133. The van der Waals surface area contributed by atoms with E-state index in [2.05, 4.69) is 44.7 Å². The first-order valence-electron chi connectivity index (χ1n) is 6.85. The number of hydrogen-bond acceptors (Lipinski definition) is 2. The van der Waals surface area contributed by atoms with Gasteiger partial charge >= 0.3 is 0 Å². The highest BCUT2D eigenvalue weighted by atomic mass is 79.9. The molecule has 0 aliphatic carbocycles. The summed E-state index contributed by atoms with van der Waals surface area (Å²) in [7, 11) is 0. The van der Waals surface area contributed by atoms with Crippen molar-refractivity contribution in [3.05, 3.63) is 12.2 Å². The molecule has 106 valence electrons. The highest BCUT2D eigenvalue weighted by molar-refractivity contribution is 9.09. The van der Waals surface area contributed by atoms with Crippen LogP contribution in [0.5, 0.6) is 0 Å². The van der Waals surface area contributed by atoms with E-state index in [1.165, 1.54) is 0 Å². The van der Waals surface area contributed by atoms with E-state index >= 15 is 0 Å². The second-order valence-corrected chi connectivity index (χ2v) is 7.49. The van der Waals surface area contributed by atoms with Gasteiger partial charge in [-0.2, -0.15) is 0 Å². The Bertz CT molecular complexity index is 364. The monoisotopic (exact) mass is 390 g/mol. The second kappa shape index (κ2) is 7.26. The van der Waals surface area contributed by atoms with Crippen LogP contribution in [0.1, 0.15) is 32.6 Å². The lowest BCUT2D eigenvalue weighted by Gasteiger charge is -2.30. The summed E-state index contributed by atoms with van der Waals surface area (Å²) in [6.45, 7) is 2.18. The van der Waals surface area contributed by atoms with Gasteiger partial charge in [-0.1, -0.05) is 50.8 Å². The highest BCUT2D eigenvalue weighted by Crippen LogP contribution is 2.38. The van der Waals surface area contributed by atoms with Gasteiger partial charge in [0.1, 0.15) is 0 Å². The molecule has 4 heteroatoms. The highest BCUT2D eigenvalue weighted by Gasteiger charge is 2.44. The summed E-state index contributed by atoms with van der Waals surface area (Å²) in [5.41, 5.74) is 0. The molecule has 2 saturated heterocycles. The predicted molar refractivity (Wildman–Crippen MR) is 84.9 cm³/mol. The Morgan fingerprint density at radius 3 is 2.84 bits per heavy atom. The normalized spacial score (nSPS) is 40.0. The van der Waals surface area contributed by atoms with Crippen LogP contribution >= 0.6 is 31.9 Å². The van der Waals surface area contributed by atoms with Crippen molar-refractivity contribution in [1.82, 2.24) is 0 Å². The number of alkyl halides is 2. The lowest BCUT2D eigenvalue weighted by molar-refractivity contribution is -0.0732. The van der Waals surface area contributed by atoms with Crippen molar-refractivity contribution < 1.29 is 9.47 Å². The van der Waals surface area contributed by atoms with E-state index in [0.717, 1.165) is 25.7 Å². The van der Waals surface area contributed by atoms with Crippen LogP contribution in [0, 0.1) is 12.3 Å². The van der Waals surface area contributed by atoms with Gasteiger partial charge in [0.2, 0.25) is 0 Å². The van der Waals surface area contributed by atoms with Crippen LogP contribution < -0.4 is 0 Å². The Kier molecular flexibility index (Phi) is 5.95. The molecule has 0 saturated carbocycles. The van der Waals surface area contributed by atoms with Gasteiger partial charge in [0.15, 0.2) is 0 Å². The van der Waals surface area contributed by atoms with Crippen LogP contribution in [-0.4, -0.2) is 34.1 Å². The smallest absolute Gasteiger partial charge is 0.0876 e. The molecule has 19 heavy (non-hydrogen) atoms. The first kappa shape index (κ1) is 15.6. The molecule has 2 aliphatic heterocycles. The van der Waals surface area contributed by atoms with E-state index in [4.69, 9.17) is 15.9 Å². The van der Waals surface area contributed by atoms with Gasteiger partial charge in [-0.15, -0.1) is 6.42 Å². The zero-order valence-corrected chi connectivity index (χ0v) is 14.3. The Hall–Kier alpha value is 0.180. The third-order valence-electron chi connectivity index (χ3n) is 3.82. The number of terminal acetylenes is 1. The molecule has 2 aliphatic rings. The Balaban J connectivity index is 2.02. The summed E-state index contributed by atoms with van der Waals surface area (Å²) in [6, 6.07) is 0. The Morgan fingerprint density at radius 1 is 1.37 bits per heavy atom. The average Bonchev–Trinajstić information content (AvgIpc) is 2.72. The SMILES string of the molecule is C#C/C=C/C[C@@H]1O[C@@H]2C[C@H]1O[C@H]([C@H](Br)CC)C[C@@H]2Br. The molecule has 0 aromatic carbocycles. The number of hydrogen-bond donors (Lipinski definition) is 0. The molecule has 0 unspecified atom stereocenters. The van der Waals surface area contributed by atoms with Crippen molar-refractivity contribution in [3.63, 3.8) is 0 Å². The number of allylic oxidation sites excluding steroid dienone is 1. The quantitative estimate of drug-likeness (QED) is 0.535. The van der Waals surface area contributed by atoms with Crippen LogP contribution in [0.15, 0.2) is 12.2 Å². The van der Waals surface area contributed by atoms with E-state index in [0.29, 0.717) is 9.65 Å². The molecule has 0 amide bonds. The fourth-order valence-electron chi connectivity index (χ4n) is 2.75. The van der Waals surface area contributed by atoms with Crippen molar-refractivity contribution in [2.45, 2.75) is 66.7 Å². The molecular weight excluding hydrogens is 372 g/mol. The summed E-state index contributed by atoms with van der Waals surface area (Å²) in [6.07, 6.45) is 13.7. The van der Waals surface area contributed by atoms with E-state index in [9.17, 15) is 0 Å². The maximum Gasteiger partial charge on any atom is 0.0876 e. The Morgan fingerprint density at radius 2 is 2.16 bits per heavy atom. The number of ether oxygens (including phenoxy) is 2. The minimum Gasteiger partial charge on any atom is -0.371 e. The fraction of sp³-hybridized carbons (Fsp3) is 0.733. The largest absolute Gasteiger partial charge is 0.371 e. The zero-order valence-electron chi connectivity index (χ0n) is 11.1. The van der Waals surface area contributed by atoms with Gasteiger partial charge in [0.25, 0.3) is 0 Å². The number of rotatable bonds is 4. The molecule has 2 rings (SSSR count). The number of halogens is 2. The standard InChI is InChI=1S/C15H20Br2O2/c1-3-5-6-7-12-15-9-14(18-12)11(17)8-13(19-15)10(16)4-2/h1,5-6,10-15H,4,7-9H2,2H3/b6-5+/t10-,11+,12+,13+,14-,15-/m1/s1. The summed E-state index contributed by atoms with van der Waals surface area (Å²) in [4.78, 5) is 0.782. The summed E-state index contributed by atoms with van der Waals surface area (Å²) >= 11 is 7.49. The van der Waals surface area contributed by atoms with Gasteiger partial charge in [0.05, 0.1) is 24.4 Å². The first-order valence-corrected chi connectivity index (χ1v) is 8.69. The van der Waals surface area contributed by atoms with Crippen molar-refractivity contribution in [3.8, 4) is 12.3 Å². The first-order chi connectivity index (χ1) is 9.15. The van der Waals surface area contributed by atoms with Gasteiger partial charge < -0.3 is 9.47 Å². The van der Waals surface area contributed by atoms with E-state index in [1.807, 2.05) is 6.08 Å². The molecular formula is C15H20Br2O2. The maximum absolute atomic E-state index is 6.28. The van der Waals surface area contributed by atoms with Gasteiger partial charge in [-0.25, -0.2) is 0 Å². The van der Waals surface area contributed by atoms with Crippen molar-refractivity contribution >= 4 is 31.9 Å². The molecule has 2 fully saturated rings.